The van der Waals surface area contributed by atoms with Gasteiger partial charge in [-0.2, -0.15) is 0 Å². The first-order valence-electron chi connectivity index (χ1n) is 5.60. The molecule has 0 saturated carbocycles. The van der Waals surface area contributed by atoms with E-state index in [1.807, 2.05) is 13.0 Å². The molecule has 1 amide bonds. The molecule has 0 aliphatic heterocycles. The average Bonchev–Trinajstić information content (AvgIpc) is 2.33. The van der Waals surface area contributed by atoms with Gasteiger partial charge < -0.3 is 11.1 Å². The topological polar surface area (TPSA) is 55.1 Å². The maximum Gasteiger partial charge on any atom is 0.259 e. The molecule has 3 nitrogen and oxygen atoms in total. The molecule has 0 unspecified atom stereocenters. The van der Waals surface area contributed by atoms with Gasteiger partial charge in [0.25, 0.3) is 5.91 Å². The number of carbonyl (C=O) groups is 1. The summed E-state index contributed by atoms with van der Waals surface area (Å²) in [5.74, 6) is -1.12. The molecule has 0 bridgehead atoms. The first-order valence-corrected chi connectivity index (χ1v) is 6.40. The lowest BCUT2D eigenvalue weighted by Gasteiger charge is -2.10. The van der Waals surface area contributed by atoms with Crippen molar-refractivity contribution in [3.05, 3.63) is 57.8 Å². The van der Waals surface area contributed by atoms with Gasteiger partial charge in [-0.15, -0.1) is 0 Å². The molecule has 2 aromatic carbocycles. The number of hydrogen-bond donors (Lipinski definition) is 2. The molecule has 0 radical (unpaired) electrons. The van der Waals surface area contributed by atoms with Gasteiger partial charge in [0.15, 0.2) is 0 Å². The van der Waals surface area contributed by atoms with Crippen LogP contribution in [0.4, 0.5) is 15.8 Å². The highest BCUT2D eigenvalue weighted by atomic mass is 79.9. The second-order valence-corrected chi connectivity index (χ2v) is 5.00. The van der Waals surface area contributed by atoms with Gasteiger partial charge in [-0.3, -0.25) is 4.79 Å². The molecule has 2 rings (SSSR count). The number of nitrogen functional groups attached to an aromatic ring is 1. The van der Waals surface area contributed by atoms with Crippen LogP contribution in [0.3, 0.4) is 0 Å². The van der Waals surface area contributed by atoms with E-state index in [2.05, 4.69) is 21.2 Å². The van der Waals surface area contributed by atoms with Gasteiger partial charge in [-0.05, 0) is 52.7 Å². The number of carbonyl (C=O) groups excluding carboxylic acids is 1. The molecular weight excluding hydrogens is 311 g/mol. The second-order valence-electron chi connectivity index (χ2n) is 4.14. The predicted molar refractivity (Wildman–Crippen MR) is 77.6 cm³/mol. The van der Waals surface area contributed by atoms with Gasteiger partial charge in [0.2, 0.25) is 0 Å². The average molecular weight is 323 g/mol. The summed E-state index contributed by atoms with van der Waals surface area (Å²) in [5, 5.41) is 2.62. The van der Waals surface area contributed by atoms with Crippen LogP contribution in [0.15, 0.2) is 40.9 Å². The van der Waals surface area contributed by atoms with Crippen molar-refractivity contribution >= 4 is 33.2 Å². The van der Waals surface area contributed by atoms with E-state index < -0.39 is 11.7 Å². The number of halogens is 2. The standard InChI is InChI=1S/C14H12BrFN2O/c1-8-5-6-11(17)12(7-8)18-14(19)13-9(15)3-2-4-10(13)16/h2-7H,17H2,1H3,(H,18,19). The summed E-state index contributed by atoms with van der Waals surface area (Å²) in [6.07, 6.45) is 0. The number of aryl methyl sites for hydroxylation is 1. The Morgan fingerprint density at radius 2 is 2.05 bits per heavy atom. The Morgan fingerprint density at radius 3 is 2.74 bits per heavy atom. The van der Waals surface area contributed by atoms with Gasteiger partial charge in [-0.25, -0.2) is 4.39 Å². The molecule has 0 aromatic heterocycles. The molecule has 0 heterocycles. The molecule has 0 spiro atoms. The van der Waals surface area contributed by atoms with E-state index in [9.17, 15) is 9.18 Å². The van der Waals surface area contributed by atoms with Crippen molar-refractivity contribution in [1.29, 1.82) is 0 Å². The zero-order chi connectivity index (χ0) is 14.0. The fourth-order valence-corrected chi connectivity index (χ4v) is 2.20. The summed E-state index contributed by atoms with van der Waals surface area (Å²) >= 11 is 3.16. The zero-order valence-corrected chi connectivity index (χ0v) is 11.8. The Labute approximate surface area is 118 Å². The third-order valence-electron chi connectivity index (χ3n) is 2.65. The number of nitrogens with two attached hydrogens (primary N) is 1. The van der Waals surface area contributed by atoms with Crippen LogP contribution in [0.25, 0.3) is 0 Å². The van der Waals surface area contributed by atoms with Crippen molar-refractivity contribution in [3.8, 4) is 0 Å². The normalized spacial score (nSPS) is 10.3. The van der Waals surface area contributed by atoms with E-state index >= 15 is 0 Å². The number of amides is 1. The molecular formula is C14H12BrFN2O. The minimum Gasteiger partial charge on any atom is -0.397 e. The fraction of sp³-hybridized carbons (Fsp3) is 0.0714. The van der Waals surface area contributed by atoms with Crippen LogP contribution in [0, 0.1) is 12.7 Å². The van der Waals surface area contributed by atoms with Crippen LogP contribution in [0.1, 0.15) is 15.9 Å². The van der Waals surface area contributed by atoms with Crippen molar-refractivity contribution in [2.45, 2.75) is 6.92 Å². The molecule has 0 fully saturated rings. The summed E-state index contributed by atoms with van der Waals surface area (Å²) < 4.78 is 14.1. The highest BCUT2D eigenvalue weighted by Gasteiger charge is 2.16. The van der Waals surface area contributed by atoms with Crippen LogP contribution < -0.4 is 11.1 Å². The molecule has 0 aliphatic carbocycles. The first kappa shape index (κ1) is 13.5. The lowest BCUT2D eigenvalue weighted by atomic mass is 10.1. The van der Waals surface area contributed by atoms with Crippen molar-refractivity contribution in [2.24, 2.45) is 0 Å². The Hall–Kier alpha value is -1.88. The maximum atomic E-state index is 13.7. The van der Waals surface area contributed by atoms with Crippen LogP contribution in [0.5, 0.6) is 0 Å². The monoisotopic (exact) mass is 322 g/mol. The lowest BCUT2D eigenvalue weighted by Crippen LogP contribution is -2.15. The lowest BCUT2D eigenvalue weighted by molar-refractivity contribution is 0.102. The largest absolute Gasteiger partial charge is 0.397 e. The predicted octanol–water partition coefficient (Wildman–Crippen LogP) is 3.73. The highest BCUT2D eigenvalue weighted by Crippen LogP contribution is 2.24. The number of rotatable bonds is 2. The molecule has 0 saturated heterocycles. The van der Waals surface area contributed by atoms with Crippen molar-refractivity contribution in [3.63, 3.8) is 0 Å². The van der Waals surface area contributed by atoms with E-state index in [-0.39, 0.29) is 5.56 Å². The highest BCUT2D eigenvalue weighted by molar-refractivity contribution is 9.10. The third-order valence-corrected chi connectivity index (χ3v) is 3.31. The summed E-state index contributed by atoms with van der Waals surface area (Å²) in [4.78, 5) is 12.1. The Bertz CT molecular complexity index is 623. The number of anilines is 2. The first-order chi connectivity index (χ1) is 8.99. The molecule has 3 N–H and O–H groups in total. The number of hydrogen-bond acceptors (Lipinski definition) is 2. The second kappa shape index (κ2) is 5.40. The number of nitrogens with one attached hydrogen (secondary N) is 1. The molecule has 19 heavy (non-hydrogen) atoms. The molecule has 98 valence electrons. The summed E-state index contributed by atoms with van der Waals surface area (Å²) in [6, 6.07) is 9.64. The molecule has 2 aromatic rings. The SMILES string of the molecule is Cc1ccc(N)c(NC(=O)c2c(F)cccc2Br)c1. The van der Waals surface area contributed by atoms with Crippen molar-refractivity contribution in [1.82, 2.24) is 0 Å². The van der Waals surface area contributed by atoms with E-state index in [4.69, 9.17) is 5.73 Å². The summed E-state index contributed by atoms with van der Waals surface area (Å²) in [5.41, 5.74) is 7.60. The summed E-state index contributed by atoms with van der Waals surface area (Å²) in [6.45, 7) is 1.88. The van der Waals surface area contributed by atoms with Crippen LogP contribution in [-0.2, 0) is 0 Å². The van der Waals surface area contributed by atoms with Gasteiger partial charge in [0.05, 0.1) is 16.9 Å². The molecule has 5 heteroatoms. The van der Waals surface area contributed by atoms with Crippen molar-refractivity contribution in [2.75, 3.05) is 11.1 Å². The van der Waals surface area contributed by atoms with E-state index in [0.29, 0.717) is 15.8 Å². The van der Waals surface area contributed by atoms with Gasteiger partial charge in [0.1, 0.15) is 5.82 Å². The van der Waals surface area contributed by atoms with Crippen LogP contribution in [-0.4, -0.2) is 5.91 Å². The summed E-state index contributed by atoms with van der Waals surface area (Å²) in [7, 11) is 0. The van der Waals surface area contributed by atoms with E-state index in [0.717, 1.165) is 5.56 Å². The minimum absolute atomic E-state index is 0.0385. The fourth-order valence-electron chi connectivity index (χ4n) is 1.68. The molecule has 0 aliphatic rings. The van der Waals surface area contributed by atoms with Crippen LogP contribution >= 0.6 is 15.9 Å². The Kier molecular flexibility index (Phi) is 3.85. The minimum atomic E-state index is -0.585. The zero-order valence-electron chi connectivity index (χ0n) is 10.2. The van der Waals surface area contributed by atoms with Gasteiger partial charge in [-0.1, -0.05) is 12.1 Å². The Balaban J connectivity index is 2.34. The molecule has 0 atom stereocenters. The maximum absolute atomic E-state index is 13.7. The van der Waals surface area contributed by atoms with E-state index in [1.165, 1.54) is 12.1 Å². The number of benzene rings is 2. The van der Waals surface area contributed by atoms with Gasteiger partial charge >= 0.3 is 0 Å². The quantitative estimate of drug-likeness (QED) is 0.828. The van der Waals surface area contributed by atoms with E-state index in [1.54, 1.807) is 18.2 Å². The van der Waals surface area contributed by atoms with Crippen LogP contribution in [0.2, 0.25) is 0 Å². The Morgan fingerprint density at radius 1 is 1.32 bits per heavy atom. The smallest absolute Gasteiger partial charge is 0.259 e. The van der Waals surface area contributed by atoms with Gasteiger partial charge in [0, 0.05) is 4.47 Å². The third kappa shape index (κ3) is 2.93. The van der Waals surface area contributed by atoms with Crippen molar-refractivity contribution < 1.29 is 9.18 Å².